The van der Waals surface area contributed by atoms with Gasteiger partial charge in [0.2, 0.25) is 0 Å². The van der Waals surface area contributed by atoms with Gasteiger partial charge in [-0.3, -0.25) is 14.9 Å². The molecule has 9 heteroatoms. The number of benzene rings is 3. The minimum atomic E-state index is -0.786. The van der Waals surface area contributed by atoms with Crippen LogP contribution in [0.1, 0.15) is 23.6 Å². The molecule has 1 saturated heterocycles. The highest BCUT2D eigenvalue weighted by Crippen LogP contribution is 2.38. The summed E-state index contributed by atoms with van der Waals surface area (Å²) in [6.45, 7) is 2.18. The van der Waals surface area contributed by atoms with Crippen molar-refractivity contribution in [2.45, 2.75) is 20.0 Å². The fraction of sp³-hybridized carbons (Fsp3) is 0.148. The first kappa shape index (κ1) is 25.5. The van der Waals surface area contributed by atoms with Crippen molar-refractivity contribution in [1.29, 1.82) is 0 Å². The van der Waals surface area contributed by atoms with E-state index in [9.17, 15) is 14.4 Å². The summed E-state index contributed by atoms with van der Waals surface area (Å²) in [5, 5.41) is 2.86. The molecule has 1 aliphatic rings. The van der Waals surface area contributed by atoms with Crippen molar-refractivity contribution in [2.24, 2.45) is 0 Å². The van der Waals surface area contributed by atoms with E-state index in [4.69, 9.17) is 21.1 Å². The van der Waals surface area contributed by atoms with Gasteiger partial charge in [0, 0.05) is 5.02 Å². The number of rotatable bonds is 7. The van der Waals surface area contributed by atoms with E-state index in [2.05, 4.69) is 21.2 Å². The van der Waals surface area contributed by atoms with Gasteiger partial charge in [0.15, 0.2) is 11.5 Å². The number of methoxy groups -OCH3 is 1. The maximum atomic E-state index is 13.3. The van der Waals surface area contributed by atoms with Crippen molar-refractivity contribution < 1.29 is 23.9 Å². The number of aryl methyl sites for hydroxylation is 1. The van der Waals surface area contributed by atoms with Crippen LogP contribution in [0.5, 0.6) is 11.5 Å². The molecular weight excluding hydrogens is 548 g/mol. The number of para-hydroxylation sites is 1. The monoisotopic (exact) mass is 568 g/mol. The van der Waals surface area contributed by atoms with Crippen LogP contribution in [0.4, 0.5) is 10.5 Å². The maximum Gasteiger partial charge on any atom is 0.335 e. The third-order valence-corrected chi connectivity index (χ3v) is 6.37. The Hall–Kier alpha value is -3.62. The summed E-state index contributed by atoms with van der Waals surface area (Å²) in [5.74, 6) is -0.633. The Labute approximate surface area is 221 Å². The van der Waals surface area contributed by atoms with Gasteiger partial charge in [-0.25, -0.2) is 9.69 Å². The third-order valence-electron chi connectivity index (χ3n) is 5.55. The van der Waals surface area contributed by atoms with Crippen LogP contribution >= 0.6 is 27.5 Å². The van der Waals surface area contributed by atoms with Gasteiger partial charge >= 0.3 is 6.03 Å². The van der Waals surface area contributed by atoms with E-state index in [1.807, 2.05) is 31.2 Å². The molecule has 0 unspecified atom stereocenters. The van der Waals surface area contributed by atoms with Crippen LogP contribution in [0.2, 0.25) is 5.02 Å². The van der Waals surface area contributed by atoms with Crippen molar-refractivity contribution in [3.8, 4) is 11.5 Å². The molecule has 184 valence electrons. The van der Waals surface area contributed by atoms with E-state index < -0.39 is 17.8 Å². The van der Waals surface area contributed by atoms with Crippen LogP contribution < -0.4 is 19.7 Å². The fourth-order valence-corrected chi connectivity index (χ4v) is 4.60. The zero-order valence-corrected chi connectivity index (χ0v) is 21.9. The highest BCUT2D eigenvalue weighted by atomic mass is 79.9. The van der Waals surface area contributed by atoms with Crippen molar-refractivity contribution in [1.82, 2.24) is 5.32 Å². The Morgan fingerprint density at radius 2 is 1.83 bits per heavy atom. The van der Waals surface area contributed by atoms with Crippen LogP contribution in [0.25, 0.3) is 6.08 Å². The number of nitrogens with one attached hydrogen (secondary N) is 1. The van der Waals surface area contributed by atoms with Gasteiger partial charge in [-0.2, -0.15) is 0 Å². The van der Waals surface area contributed by atoms with Crippen molar-refractivity contribution >= 4 is 57.1 Å². The molecule has 0 aliphatic carbocycles. The molecule has 36 heavy (non-hydrogen) atoms. The molecule has 1 aliphatic heterocycles. The Morgan fingerprint density at radius 3 is 2.56 bits per heavy atom. The predicted octanol–water partition coefficient (Wildman–Crippen LogP) is 5.92. The first-order valence-corrected chi connectivity index (χ1v) is 12.2. The molecule has 1 N–H and O–H groups in total. The van der Waals surface area contributed by atoms with Crippen LogP contribution in [0.15, 0.2) is 70.7 Å². The predicted molar refractivity (Wildman–Crippen MR) is 141 cm³/mol. The molecule has 0 radical (unpaired) electrons. The summed E-state index contributed by atoms with van der Waals surface area (Å²) in [7, 11) is 1.49. The summed E-state index contributed by atoms with van der Waals surface area (Å²) >= 11 is 9.54. The number of carbonyl (C=O) groups is 3. The standard InChI is InChI=1S/C27H22BrClN2O5/c1-3-18-8-4-5-10-22(18)31-26(33)20(25(32)30-27(31)34)12-17-13-21(28)24(23(14-17)35-2)36-15-16-7-6-9-19(29)11-16/h4-14H,3,15H2,1-2H3,(H,30,32,34)/b20-12-. The molecular formula is C27H22BrClN2O5. The van der Waals surface area contributed by atoms with Crippen LogP contribution in [0.3, 0.4) is 0 Å². The molecule has 0 spiro atoms. The van der Waals surface area contributed by atoms with Crippen molar-refractivity contribution in [2.75, 3.05) is 12.0 Å². The summed E-state index contributed by atoms with van der Waals surface area (Å²) in [6.07, 6.45) is 2.03. The minimum Gasteiger partial charge on any atom is -0.493 e. The Morgan fingerprint density at radius 1 is 1.06 bits per heavy atom. The minimum absolute atomic E-state index is 0.179. The SMILES string of the molecule is CCc1ccccc1N1C(=O)NC(=O)/C(=C/c2cc(Br)c(OCc3cccc(Cl)c3)c(OC)c2)C1=O. The van der Waals surface area contributed by atoms with Gasteiger partial charge in [0.25, 0.3) is 11.8 Å². The van der Waals surface area contributed by atoms with Crippen LogP contribution in [-0.2, 0) is 22.6 Å². The fourth-order valence-electron chi connectivity index (χ4n) is 3.82. The highest BCUT2D eigenvalue weighted by Gasteiger charge is 2.37. The summed E-state index contributed by atoms with van der Waals surface area (Å²) < 4.78 is 12.0. The van der Waals surface area contributed by atoms with Gasteiger partial charge in [-0.15, -0.1) is 0 Å². The largest absolute Gasteiger partial charge is 0.493 e. The van der Waals surface area contributed by atoms with Crippen molar-refractivity contribution in [3.05, 3.63) is 92.4 Å². The molecule has 1 heterocycles. The smallest absolute Gasteiger partial charge is 0.335 e. The second-order valence-electron chi connectivity index (χ2n) is 7.89. The third kappa shape index (κ3) is 5.29. The average Bonchev–Trinajstić information content (AvgIpc) is 2.86. The molecule has 7 nitrogen and oxygen atoms in total. The lowest BCUT2D eigenvalue weighted by Crippen LogP contribution is -2.54. The molecule has 3 aromatic rings. The lowest BCUT2D eigenvalue weighted by Gasteiger charge is -2.28. The second-order valence-corrected chi connectivity index (χ2v) is 9.18. The molecule has 3 aromatic carbocycles. The van der Waals surface area contributed by atoms with Gasteiger partial charge < -0.3 is 9.47 Å². The van der Waals surface area contributed by atoms with E-state index in [1.54, 1.807) is 36.4 Å². The van der Waals surface area contributed by atoms with E-state index in [0.29, 0.717) is 38.7 Å². The molecule has 4 rings (SSSR count). The van der Waals surface area contributed by atoms with Gasteiger partial charge in [0.1, 0.15) is 12.2 Å². The quantitative estimate of drug-likeness (QED) is 0.282. The zero-order chi connectivity index (χ0) is 25.8. The molecule has 0 aromatic heterocycles. The number of nitrogens with zero attached hydrogens (tertiary/aromatic N) is 1. The highest BCUT2D eigenvalue weighted by molar-refractivity contribution is 9.10. The van der Waals surface area contributed by atoms with Gasteiger partial charge in [-0.05, 0) is 75.4 Å². The van der Waals surface area contributed by atoms with Crippen LogP contribution in [0, 0.1) is 0 Å². The number of ether oxygens (including phenoxy) is 2. The number of urea groups is 1. The second kappa shape index (κ2) is 11.0. The van der Waals surface area contributed by atoms with Crippen molar-refractivity contribution in [3.63, 3.8) is 0 Å². The number of imide groups is 2. The van der Waals surface area contributed by atoms with Gasteiger partial charge in [-0.1, -0.05) is 48.9 Å². The van der Waals surface area contributed by atoms with E-state index >= 15 is 0 Å². The van der Waals surface area contributed by atoms with E-state index in [-0.39, 0.29) is 12.2 Å². The van der Waals surface area contributed by atoms with E-state index in [0.717, 1.165) is 16.0 Å². The Balaban J connectivity index is 1.66. The lowest BCUT2D eigenvalue weighted by molar-refractivity contribution is -0.122. The number of amides is 4. The lowest BCUT2D eigenvalue weighted by atomic mass is 10.0. The molecule has 0 bridgehead atoms. The first-order chi connectivity index (χ1) is 17.3. The number of carbonyl (C=O) groups excluding carboxylic acids is 3. The number of hydrogen-bond donors (Lipinski definition) is 1. The average molecular weight is 570 g/mol. The summed E-state index contributed by atoms with van der Waals surface area (Å²) in [4.78, 5) is 39.5. The number of anilines is 1. The molecule has 0 saturated carbocycles. The molecule has 4 amide bonds. The number of hydrogen-bond acceptors (Lipinski definition) is 5. The Bertz CT molecular complexity index is 1390. The number of halogens is 2. The maximum absolute atomic E-state index is 13.3. The first-order valence-electron chi connectivity index (χ1n) is 11.1. The summed E-state index contributed by atoms with van der Waals surface area (Å²) in [6, 6.07) is 16.9. The van der Waals surface area contributed by atoms with Crippen LogP contribution in [-0.4, -0.2) is 25.0 Å². The zero-order valence-electron chi connectivity index (χ0n) is 19.5. The van der Waals surface area contributed by atoms with Gasteiger partial charge in [0.05, 0.1) is 17.3 Å². The molecule has 1 fully saturated rings. The Kier molecular flexibility index (Phi) is 7.76. The van der Waals surface area contributed by atoms with E-state index in [1.165, 1.54) is 13.2 Å². The number of barbiturate groups is 1. The summed E-state index contributed by atoms with van der Waals surface area (Å²) in [5.41, 5.74) is 2.45. The topological polar surface area (TPSA) is 84.9 Å². The molecule has 0 atom stereocenters. The normalized spacial score (nSPS) is 14.7.